The van der Waals surface area contributed by atoms with E-state index in [0.29, 0.717) is 23.7 Å². The molecule has 3 aromatic rings. The molecule has 0 saturated carbocycles. The van der Waals surface area contributed by atoms with E-state index >= 15 is 0 Å². The van der Waals surface area contributed by atoms with E-state index < -0.39 is 6.04 Å². The van der Waals surface area contributed by atoms with Crippen molar-refractivity contribution < 1.29 is 14.3 Å². The fraction of sp³-hybridized carbons (Fsp3) is 0.292. The molecular formula is C24H29N5O3. The number of aryl methyl sites for hydroxylation is 2. The Morgan fingerprint density at radius 2 is 1.84 bits per heavy atom. The maximum atomic E-state index is 12.8. The smallest absolute Gasteiger partial charge is 0.246 e. The Hall–Kier alpha value is -3.81. The summed E-state index contributed by atoms with van der Waals surface area (Å²) in [5, 5.41) is 13.3. The summed E-state index contributed by atoms with van der Waals surface area (Å²) in [6.07, 6.45) is 0. The third kappa shape index (κ3) is 5.87. The number of anilines is 3. The number of nitrogens with zero attached hydrogens (tertiary/aromatic N) is 2. The third-order valence-electron chi connectivity index (χ3n) is 4.92. The van der Waals surface area contributed by atoms with Crippen LogP contribution < -0.4 is 20.7 Å². The molecule has 0 radical (unpaired) electrons. The average molecular weight is 436 g/mol. The summed E-state index contributed by atoms with van der Waals surface area (Å²) < 4.78 is 7.29. The molecule has 8 heteroatoms. The van der Waals surface area contributed by atoms with E-state index in [1.807, 2.05) is 48.9 Å². The first-order valence-corrected chi connectivity index (χ1v) is 10.4. The fourth-order valence-corrected chi connectivity index (χ4v) is 3.41. The predicted molar refractivity (Wildman–Crippen MR) is 126 cm³/mol. The number of ether oxygens (including phenoxy) is 1. The highest BCUT2D eigenvalue weighted by Gasteiger charge is 2.16. The van der Waals surface area contributed by atoms with Crippen LogP contribution in [0.3, 0.4) is 0 Å². The van der Waals surface area contributed by atoms with Crippen molar-refractivity contribution in [1.82, 2.24) is 9.78 Å². The molecule has 168 valence electrons. The van der Waals surface area contributed by atoms with Gasteiger partial charge >= 0.3 is 0 Å². The van der Waals surface area contributed by atoms with Gasteiger partial charge in [-0.15, -0.1) is 0 Å². The molecule has 1 heterocycles. The fourth-order valence-electron chi connectivity index (χ4n) is 3.41. The molecule has 0 spiro atoms. The minimum atomic E-state index is -0.506. The molecule has 2 aromatic carbocycles. The van der Waals surface area contributed by atoms with Crippen molar-refractivity contribution in [2.75, 3.05) is 23.1 Å². The van der Waals surface area contributed by atoms with Crippen molar-refractivity contribution >= 4 is 28.9 Å². The van der Waals surface area contributed by atoms with E-state index in [4.69, 9.17) is 4.74 Å². The van der Waals surface area contributed by atoms with Gasteiger partial charge in [0.2, 0.25) is 11.8 Å². The molecule has 0 fully saturated rings. The lowest BCUT2D eigenvalue weighted by Crippen LogP contribution is -2.32. The van der Waals surface area contributed by atoms with Gasteiger partial charge in [-0.25, -0.2) is 0 Å². The molecule has 3 N–H and O–H groups in total. The SMILES string of the molecule is COc1ccc(NC(C)=O)cc1NC(=O)C(C)Nc1cccc(Cn2nc(C)cc2C)c1. The van der Waals surface area contributed by atoms with E-state index in [2.05, 4.69) is 21.0 Å². The van der Waals surface area contributed by atoms with Gasteiger partial charge in [-0.2, -0.15) is 5.10 Å². The van der Waals surface area contributed by atoms with Gasteiger partial charge in [0.15, 0.2) is 0 Å². The average Bonchev–Trinajstić information content (AvgIpc) is 3.04. The molecule has 0 aliphatic rings. The molecule has 1 unspecified atom stereocenters. The Kier molecular flexibility index (Phi) is 7.14. The van der Waals surface area contributed by atoms with Gasteiger partial charge < -0.3 is 20.7 Å². The lowest BCUT2D eigenvalue weighted by atomic mass is 10.1. The van der Waals surface area contributed by atoms with E-state index in [-0.39, 0.29) is 11.8 Å². The van der Waals surface area contributed by atoms with Crippen LogP contribution in [0, 0.1) is 13.8 Å². The van der Waals surface area contributed by atoms with E-state index in [1.165, 1.54) is 14.0 Å². The standard InChI is InChI=1S/C24H29N5O3/c1-15-11-16(2)29(28-15)14-19-7-6-8-20(12-19)25-17(3)24(31)27-22-13-21(26-18(4)30)9-10-23(22)32-5/h6-13,17,25H,14H2,1-5H3,(H,26,30)(H,27,31). The van der Waals surface area contributed by atoms with Crippen molar-refractivity contribution in [1.29, 1.82) is 0 Å². The van der Waals surface area contributed by atoms with Crippen LogP contribution in [0.15, 0.2) is 48.5 Å². The highest BCUT2D eigenvalue weighted by molar-refractivity contribution is 5.98. The monoisotopic (exact) mass is 435 g/mol. The second kappa shape index (κ2) is 10.00. The Bertz CT molecular complexity index is 1120. The van der Waals surface area contributed by atoms with Crippen molar-refractivity contribution in [2.24, 2.45) is 0 Å². The predicted octanol–water partition coefficient (Wildman–Crippen LogP) is 3.95. The van der Waals surface area contributed by atoms with Crippen LogP contribution >= 0.6 is 0 Å². The van der Waals surface area contributed by atoms with Crippen LogP contribution in [0.25, 0.3) is 0 Å². The van der Waals surface area contributed by atoms with Crippen molar-refractivity contribution in [2.45, 2.75) is 40.3 Å². The first kappa shape index (κ1) is 22.9. The molecule has 2 amide bonds. The topological polar surface area (TPSA) is 97.3 Å². The van der Waals surface area contributed by atoms with Gasteiger partial charge in [-0.1, -0.05) is 12.1 Å². The number of benzene rings is 2. The first-order chi connectivity index (χ1) is 15.2. The number of hydrogen-bond acceptors (Lipinski definition) is 5. The van der Waals surface area contributed by atoms with Crippen LogP contribution in [0.5, 0.6) is 5.75 Å². The number of nitrogens with one attached hydrogen (secondary N) is 3. The summed E-state index contributed by atoms with van der Waals surface area (Å²) in [7, 11) is 1.53. The second-order valence-corrected chi connectivity index (χ2v) is 7.74. The zero-order valence-electron chi connectivity index (χ0n) is 19.0. The summed E-state index contributed by atoms with van der Waals surface area (Å²) in [6.45, 7) is 7.87. The molecule has 1 atom stereocenters. The van der Waals surface area contributed by atoms with Crippen LogP contribution in [0.4, 0.5) is 17.1 Å². The van der Waals surface area contributed by atoms with Gasteiger partial charge in [0.05, 0.1) is 25.0 Å². The number of carbonyl (C=O) groups is 2. The zero-order valence-corrected chi connectivity index (χ0v) is 19.0. The first-order valence-electron chi connectivity index (χ1n) is 10.4. The number of hydrogen-bond donors (Lipinski definition) is 3. The summed E-state index contributed by atoms with van der Waals surface area (Å²) in [5.74, 6) is 0.0848. The summed E-state index contributed by atoms with van der Waals surface area (Å²) in [4.78, 5) is 24.1. The third-order valence-corrected chi connectivity index (χ3v) is 4.92. The minimum absolute atomic E-state index is 0.192. The number of amides is 2. The Balaban J connectivity index is 1.68. The summed E-state index contributed by atoms with van der Waals surface area (Å²) >= 11 is 0. The van der Waals surface area contributed by atoms with Crippen molar-refractivity contribution in [3.05, 3.63) is 65.5 Å². The number of rotatable bonds is 8. The molecule has 1 aromatic heterocycles. The number of carbonyl (C=O) groups excluding carboxylic acids is 2. The lowest BCUT2D eigenvalue weighted by Gasteiger charge is -2.18. The van der Waals surface area contributed by atoms with Crippen molar-refractivity contribution in [3.8, 4) is 5.75 Å². The van der Waals surface area contributed by atoms with Gasteiger partial charge in [-0.3, -0.25) is 14.3 Å². The minimum Gasteiger partial charge on any atom is -0.495 e. The van der Waals surface area contributed by atoms with Crippen LogP contribution in [0.2, 0.25) is 0 Å². The molecule has 0 aliphatic heterocycles. The maximum Gasteiger partial charge on any atom is 0.246 e. The quantitative estimate of drug-likeness (QED) is 0.498. The van der Waals surface area contributed by atoms with Gasteiger partial charge in [0.25, 0.3) is 0 Å². The van der Waals surface area contributed by atoms with E-state index in [1.54, 1.807) is 25.1 Å². The Morgan fingerprint density at radius 1 is 1.06 bits per heavy atom. The van der Waals surface area contributed by atoms with Gasteiger partial charge in [0, 0.05) is 24.0 Å². The number of methoxy groups -OCH3 is 1. The molecule has 3 rings (SSSR count). The molecule has 32 heavy (non-hydrogen) atoms. The van der Waals surface area contributed by atoms with E-state index in [9.17, 15) is 9.59 Å². The van der Waals surface area contributed by atoms with Crippen LogP contribution in [-0.4, -0.2) is 34.7 Å². The van der Waals surface area contributed by atoms with Crippen LogP contribution in [-0.2, 0) is 16.1 Å². The Morgan fingerprint density at radius 3 is 2.50 bits per heavy atom. The molecular weight excluding hydrogens is 406 g/mol. The van der Waals surface area contributed by atoms with Gasteiger partial charge in [0.1, 0.15) is 11.8 Å². The lowest BCUT2D eigenvalue weighted by molar-refractivity contribution is -0.116. The molecule has 0 saturated heterocycles. The molecule has 0 aliphatic carbocycles. The highest BCUT2D eigenvalue weighted by Crippen LogP contribution is 2.28. The zero-order chi connectivity index (χ0) is 23.3. The Labute approximate surface area is 188 Å². The maximum absolute atomic E-state index is 12.8. The largest absolute Gasteiger partial charge is 0.495 e. The number of aromatic nitrogens is 2. The van der Waals surface area contributed by atoms with E-state index in [0.717, 1.165) is 22.6 Å². The summed E-state index contributed by atoms with van der Waals surface area (Å²) in [6, 6.07) is 14.5. The van der Waals surface area contributed by atoms with Crippen molar-refractivity contribution in [3.63, 3.8) is 0 Å². The molecule has 0 bridgehead atoms. The van der Waals surface area contributed by atoms with Gasteiger partial charge in [-0.05, 0) is 62.7 Å². The highest BCUT2D eigenvalue weighted by atomic mass is 16.5. The molecule has 8 nitrogen and oxygen atoms in total. The second-order valence-electron chi connectivity index (χ2n) is 7.74. The normalized spacial score (nSPS) is 11.5. The summed E-state index contributed by atoms with van der Waals surface area (Å²) in [5.41, 5.74) is 5.06. The van der Waals surface area contributed by atoms with Crippen LogP contribution in [0.1, 0.15) is 30.8 Å².